The zero-order valence-electron chi connectivity index (χ0n) is 11.0. The molecule has 0 aromatic carbocycles. The van der Waals surface area contributed by atoms with E-state index < -0.39 is 5.97 Å². The first kappa shape index (κ1) is 14.5. The lowest BCUT2D eigenvalue weighted by molar-refractivity contribution is -0.119. The van der Waals surface area contributed by atoms with E-state index in [0.29, 0.717) is 17.1 Å². The van der Waals surface area contributed by atoms with Crippen molar-refractivity contribution in [1.82, 2.24) is 10.3 Å². The number of anilines is 1. The predicted molar refractivity (Wildman–Crippen MR) is 74.2 cm³/mol. The second kappa shape index (κ2) is 6.06. The number of carboxylic acid groups (broad SMARTS) is 1. The lowest BCUT2D eigenvalue weighted by atomic mass is 10.1. The van der Waals surface area contributed by atoms with E-state index in [0.717, 1.165) is 0 Å². The van der Waals surface area contributed by atoms with E-state index >= 15 is 0 Å². The third kappa shape index (κ3) is 3.18. The first-order chi connectivity index (χ1) is 10.0. The molecule has 2 rings (SSSR count). The summed E-state index contributed by atoms with van der Waals surface area (Å²) in [5, 5.41) is 11.6. The second-order valence-electron chi connectivity index (χ2n) is 4.20. The van der Waals surface area contributed by atoms with Gasteiger partial charge in [0.15, 0.2) is 0 Å². The number of amides is 1. The first-order valence-electron chi connectivity index (χ1n) is 6.05. The Kier molecular flexibility index (Phi) is 4.19. The molecule has 0 fully saturated rings. The van der Waals surface area contributed by atoms with E-state index in [9.17, 15) is 9.59 Å². The summed E-state index contributed by atoms with van der Waals surface area (Å²) in [6, 6.07) is 3.28. The lowest BCUT2D eigenvalue weighted by Gasteiger charge is -2.05. The van der Waals surface area contributed by atoms with Crippen LogP contribution in [0.1, 0.15) is 16.1 Å². The van der Waals surface area contributed by atoms with Crippen LogP contribution in [0.25, 0.3) is 11.3 Å². The number of furan rings is 1. The third-order valence-corrected chi connectivity index (χ3v) is 2.79. The van der Waals surface area contributed by atoms with Crippen molar-refractivity contribution in [1.29, 1.82) is 0 Å². The number of hydrogen-bond donors (Lipinski definition) is 4. The number of carboxylic acids is 1. The normalized spacial score (nSPS) is 10.3. The van der Waals surface area contributed by atoms with Crippen LogP contribution in [0.15, 0.2) is 28.9 Å². The Morgan fingerprint density at radius 1 is 1.33 bits per heavy atom. The van der Waals surface area contributed by atoms with Gasteiger partial charge in [-0.3, -0.25) is 9.78 Å². The Morgan fingerprint density at radius 3 is 2.76 bits per heavy atom. The standard InChI is InChI=1S/C13H14N4O4/c14-3-11(18)17-4-7-1-2-10(21-7)8-5-16-6-9(12(8)15)13(19)20/h1-2,5-6H,3-4,14H2,(H2,15,16)(H,17,18)(H,19,20). The van der Waals surface area contributed by atoms with E-state index in [-0.39, 0.29) is 30.2 Å². The third-order valence-electron chi connectivity index (χ3n) is 2.79. The molecule has 0 bridgehead atoms. The van der Waals surface area contributed by atoms with Crippen LogP contribution in [0.4, 0.5) is 5.69 Å². The molecule has 110 valence electrons. The molecule has 6 N–H and O–H groups in total. The van der Waals surface area contributed by atoms with Crippen LogP contribution < -0.4 is 16.8 Å². The molecule has 1 amide bonds. The Labute approximate surface area is 119 Å². The highest BCUT2D eigenvalue weighted by molar-refractivity contribution is 5.97. The predicted octanol–water partition coefficient (Wildman–Crippen LogP) is 0.197. The summed E-state index contributed by atoms with van der Waals surface area (Å²) in [4.78, 5) is 25.9. The van der Waals surface area contributed by atoms with Gasteiger partial charge in [-0.05, 0) is 12.1 Å². The average molecular weight is 290 g/mol. The number of hydrogen-bond acceptors (Lipinski definition) is 6. The number of pyridine rings is 1. The highest BCUT2D eigenvalue weighted by Crippen LogP contribution is 2.29. The molecule has 0 aliphatic heterocycles. The minimum atomic E-state index is -1.16. The van der Waals surface area contributed by atoms with Gasteiger partial charge in [-0.1, -0.05) is 0 Å². The molecule has 2 aromatic rings. The second-order valence-corrected chi connectivity index (χ2v) is 4.20. The number of carbonyl (C=O) groups is 2. The number of nitrogens with one attached hydrogen (secondary N) is 1. The molecule has 8 heteroatoms. The fourth-order valence-corrected chi connectivity index (χ4v) is 1.71. The van der Waals surface area contributed by atoms with Gasteiger partial charge >= 0.3 is 5.97 Å². The van der Waals surface area contributed by atoms with E-state index in [4.69, 9.17) is 21.0 Å². The van der Waals surface area contributed by atoms with Gasteiger partial charge < -0.3 is 26.3 Å². The molecular weight excluding hydrogens is 276 g/mol. The number of nitrogen functional groups attached to an aromatic ring is 1. The van der Waals surface area contributed by atoms with Crippen LogP contribution in [-0.4, -0.2) is 28.5 Å². The van der Waals surface area contributed by atoms with Crippen LogP contribution in [0, 0.1) is 0 Å². The van der Waals surface area contributed by atoms with Crippen molar-refractivity contribution >= 4 is 17.6 Å². The average Bonchev–Trinajstić information content (AvgIpc) is 2.93. The smallest absolute Gasteiger partial charge is 0.339 e. The Bertz CT molecular complexity index is 681. The van der Waals surface area contributed by atoms with Gasteiger partial charge in [0.25, 0.3) is 0 Å². The van der Waals surface area contributed by atoms with Crippen LogP contribution in [0.2, 0.25) is 0 Å². The van der Waals surface area contributed by atoms with Gasteiger partial charge in [0.1, 0.15) is 17.1 Å². The summed E-state index contributed by atoms with van der Waals surface area (Å²) in [5.41, 5.74) is 11.3. The molecule has 0 aliphatic carbocycles. The lowest BCUT2D eigenvalue weighted by Crippen LogP contribution is -2.29. The fourth-order valence-electron chi connectivity index (χ4n) is 1.71. The number of aromatic carboxylic acids is 1. The molecule has 21 heavy (non-hydrogen) atoms. The maximum atomic E-state index is 11.1. The van der Waals surface area contributed by atoms with Gasteiger partial charge in [-0.25, -0.2) is 4.79 Å². The van der Waals surface area contributed by atoms with Gasteiger partial charge in [-0.15, -0.1) is 0 Å². The topological polar surface area (TPSA) is 144 Å². The number of nitrogens with two attached hydrogens (primary N) is 2. The van der Waals surface area contributed by atoms with Crippen LogP contribution in [0.3, 0.4) is 0 Å². The minimum Gasteiger partial charge on any atom is -0.478 e. The van der Waals surface area contributed by atoms with Crippen molar-refractivity contribution in [3.05, 3.63) is 35.9 Å². The highest BCUT2D eigenvalue weighted by atomic mass is 16.4. The van der Waals surface area contributed by atoms with E-state index in [2.05, 4.69) is 10.3 Å². The highest BCUT2D eigenvalue weighted by Gasteiger charge is 2.15. The van der Waals surface area contributed by atoms with Crippen molar-refractivity contribution in [3.63, 3.8) is 0 Å². The summed E-state index contributed by atoms with van der Waals surface area (Å²) in [6.07, 6.45) is 2.59. The van der Waals surface area contributed by atoms with Gasteiger partial charge in [0.2, 0.25) is 5.91 Å². The van der Waals surface area contributed by atoms with Crippen molar-refractivity contribution in [2.24, 2.45) is 5.73 Å². The monoisotopic (exact) mass is 290 g/mol. The van der Waals surface area contributed by atoms with Crippen LogP contribution >= 0.6 is 0 Å². The van der Waals surface area contributed by atoms with Gasteiger partial charge in [-0.2, -0.15) is 0 Å². The zero-order valence-corrected chi connectivity index (χ0v) is 11.0. The Morgan fingerprint density at radius 2 is 2.10 bits per heavy atom. The van der Waals surface area contributed by atoms with E-state index in [1.54, 1.807) is 12.1 Å². The largest absolute Gasteiger partial charge is 0.478 e. The number of aromatic nitrogens is 1. The van der Waals surface area contributed by atoms with Gasteiger partial charge in [0, 0.05) is 12.4 Å². The van der Waals surface area contributed by atoms with E-state index in [1.807, 2.05) is 0 Å². The molecule has 2 aromatic heterocycles. The minimum absolute atomic E-state index is 0.0735. The molecule has 0 spiro atoms. The summed E-state index contributed by atoms with van der Waals surface area (Å²) in [6.45, 7) is 0.0765. The van der Waals surface area contributed by atoms with Crippen molar-refractivity contribution < 1.29 is 19.1 Å². The molecule has 0 radical (unpaired) electrons. The summed E-state index contributed by atoms with van der Waals surface area (Å²) < 4.78 is 5.51. The summed E-state index contributed by atoms with van der Waals surface area (Å²) >= 11 is 0. The van der Waals surface area contributed by atoms with E-state index in [1.165, 1.54) is 12.4 Å². The van der Waals surface area contributed by atoms with Crippen molar-refractivity contribution in [2.45, 2.75) is 6.54 Å². The number of carbonyl (C=O) groups excluding carboxylic acids is 1. The maximum Gasteiger partial charge on any atom is 0.339 e. The maximum absolute atomic E-state index is 11.1. The van der Waals surface area contributed by atoms with Crippen LogP contribution in [-0.2, 0) is 11.3 Å². The molecule has 2 heterocycles. The van der Waals surface area contributed by atoms with Crippen molar-refractivity contribution in [3.8, 4) is 11.3 Å². The molecule has 0 atom stereocenters. The number of rotatable bonds is 5. The summed E-state index contributed by atoms with van der Waals surface area (Å²) in [5.74, 6) is -0.599. The van der Waals surface area contributed by atoms with Crippen molar-refractivity contribution in [2.75, 3.05) is 12.3 Å². The molecule has 0 saturated carbocycles. The molecule has 8 nitrogen and oxygen atoms in total. The molecule has 0 saturated heterocycles. The number of nitrogens with zero attached hydrogens (tertiary/aromatic N) is 1. The summed E-state index contributed by atoms with van der Waals surface area (Å²) in [7, 11) is 0. The SMILES string of the molecule is NCC(=O)NCc1ccc(-c2cncc(C(=O)O)c2N)o1. The molecule has 0 unspecified atom stereocenters. The molecular formula is C13H14N4O4. The Hall–Kier alpha value is -2.87. The quantitative estimate of drug-likeness (QED) is 0.615. The first-order valence-corrected chi connectivity index (χ1v) is 6.05. The van der Waals surface area contributed by atoms with Gasteiger partial charge in [0.05, 0.1) is 24.3 Å². The Balaban J connectivity index is 2.24. The molecule has 0 aliphatic rings. The van der Waals surface area contributed by atoms with Crippen LogP contribution in [0.5, 0.6) is 0 Å². The zero-order chi connectivity index (χ0) is 15.4. The fraction of sp³-hybridized carbons (Fsp3) is 0.154.